The maximum atomic E-state index is 10.1. The average molecular weight is 315 g/mol. The van der Waals surface area contributed by atoms with Crippen LogP contribution in [0.5, 0.6) is 0 Å². The van der Waals surface area contributed by atoms with E-state index in [1.54, 1.807) is 16.7 Å². The topological polar surface area (TPSA) is 66.3 Å². The molecule has 21 heavy (non-hydrogen) atoms. The number of nitrogens with one attached hydrogen (secondary N) is 1. The van der Waals surface area contributed by atoms with Crippen molar-refractivity contribution in [3.05, 3.63) is 12.3 Å². The Hall–Kier alpha value is -0.760. The van der Waals surface area contributed by atoms with Crippen molar-refractivity contribution in [2.24, 2.45) is 4.99 Å². The van der Waals surface area contributed by atoms with E-state index in [0.29, 0.717) is 13.2 Å². The van der Waals surface area contributed by atoms with Gasteiger partial charge in [-0.25, -0.2) is 4.99 Å². The smallest absolute Gasteiger partial charge is 0.229 e. The van der Waals surface area contributed by atoms with Gasteiger partial charge in [-0.05, 0) is 19.4 Å². The van der Waals surface area contributed by atoms with Gasteiger partial charge in [0, 0.05) is 25.1 Å². The van der Waals surface area contributed by atoms with Gasteiger partial charge in [-0.3, -0.25) is 0 Å². The Morgan fingerprint density at radius 1 is 1.57 bits per heavy atom. The van der Waals surface area contributed by atoms with Crippen molar-refractivity contribution in [1.82, 2.24) is 10.2 Å². The highest BCUT2D eigenvalue weighted by Crippen LogP contribution is 2.29. The highest BCUT2D eigenvalue weighted by molar-refractivity contribution is 8.00. The van der Waals surface area contributed by atoms with Crippen LogP contribution in [-0.2, 0) is 9.47 Å². The van der Waals surface area contributed by atoms with Gasteiger partial charge < -0.3 is 24.8 Å². The van der Waals surface area contributed by atoms with Crippen LogP contribution in [0.3, 0.4) is 0 Å². The summed E-state index contributed by atoms with van der Waals surface area (Å²) in [5.41, 5.74) is 0.0311. The number of aliphatic hydroxyl groups excluding tert-OH is 1. The molecule has 1 saturated heterocycles. The van der Waals surface area contributed by atoms with Crippen molar-refractivity contribution < 1.29 is 14.6 Å². The Bertz CT molecular complexity index is 378. The highest BCUT2D eigenvalue weighted by Gasteiger charge is 2.33. The van der Waals surface area contributed by atoms with Gasteiger partial charge in [-0.2, -0.15) is 0 Å². The van der Waals surface area contributed by atoms with Gasteiger partial charge in [-0.15, -0.1) is 11.8 Å². The van der Waals surface area contributed by atoms with Crippen LogP contribution in [0, 0.1) is 0 Å². The van der Waals surface area contributed by atoms with E-state index < -0.39 is 6.35 Å². The van der Waals surface area contributed by atoms with E-state index in [4.69, 9.17) is 9.47 Å². The second-order valence-corrected chi connectivity index (χ2v) is 6.11. The number of amidine groups is 1. The molecule has 0 bridgehead atoms. The molecule has 120 valence electrons. The minimum Gasteiger partial charge on any atom is -0.378 e. The zero-order valence-electron chi connectivity index (χ0n) is 12.7. The number of unbranched alkanes of at least 4 members (excludes halogenated alkanes) is 1. The lowest BCUT2D eigenvalue weighted by atomic mass is 10.3. The molecule has 0 saturated carbocycles. The fraction of sp³-hybridized carbons (Fsp3) is 0.786. The summed E-state index contributed by atoms with van der Waals surface area (Å²) in [7, 11) is 0. The summed E-state index contributed by atoms with van der Waals surface area (Å²) in [6.07, 6.45) is 4.90. The molecule has 6 nitrogen and oxygen atoms in total. The second kappa shape index (κ2) is 8.63. The average Bonchev–Trinajstić information content (AvgIpc) is 2.94. The first kappa shape index (κ1) is 16.6. The summed E-state index contributed by atoms with van der Waals surface area (Å²) in [4.78, 5) is 5.99. The van der Waals surface area contributed by atoms with Crippen molar-refractivity contribution >= 4 is 17.6 Å². The highest BCUT2D eigenvalue weighted by atomic mass is 32.2. The fourth-order valence-corrected chi connectivity index (χ4v) is 3.14. The summed E-state index contributed by atoms with van der Waals surface area (Å²) in [5.74, 6) is 1.52. The maximum absolute atomic E-state index is 10.1. The van der Waals surface area contributed by atoms with Crippen molar-refractivity contribution in [3.8, 4) is 0 Å². The van der Waals surface area contributed by atoms with E-state index in [9.17, 15) is 5.11 Å². The number of ether oxygens (including phenoxy) is 2. The normalized spacial score (nSPS) is 28.8. The molecule has 0 aromatic carbocycles. The van der Waals surface area contributed by atoms with E-state index in [1.807, 2.05) is 19.2 Å². The second-order valence-electron chi connectivity index (χ2n) is 4.92. The Labute approximate surface area is 130 Å². The van der Waals surface area contributed by atoms with E-state index in [0.717, 1.165) is 31.0 Å². The summed E-state index contributed by atoms with van der Waals surface area (Å²) >= 11 is 1.71. The van der Waals surface area contributed by atoms with Crippen molar-refractivity contribution in [2.75, 3.05) is 25.5 Å². The Kier molecular flexibility index (Phi) is 6.82. The number of thioether (sulfide) groups is 1. The lowest BCUT2D eigenvalue weighted by Gasteiger charge is -2.31. The zero-order chi connectivity index (χ0) is 15.1. The fourth-order valence-electron chi connectivity index (χ4n) is 2.11. The molecule has 2 aliphatic heterocycles. The molecule has 0 spiro atoms. The number of aliphatic hydroxyl groups is 1. The number of hydrogen-bond donors (Lipinski definition) is 2. The van der Waals surface area contributed by atoms with Gasteiger partial charge in [0.05, 0.1) is 6.61 Å². The molecule has 2 rings (SSSR count). The van der Waals surface area contributed by atoms with Crippen LogP contribution >= 0.6 is 11.8 Å². The van der Waals surface area contributed by atoms with E-state index in [1.165, 1.54) is 0 Å². The number of aliphatic imine (C=N–C) groups is 1. The molecular weight excluding hydrogens is 290 g/mol. The molecule has 2 unspecified atom stereocenters. The Balaban J connectivity index is 1.80. The SMILES string of the molecule is CCCCNC1=NC(O)N([C@@H]2CSC(COCC)O2)C=C1. The predicted octanol–water partition coefficient (Wildman–Crippen LogP) is 1.33. The van der Waals surface area contributed by atoms with Crippen LogP contribution in [0.2, 0.25) is 0 Å². The molecule has 0 amide bonds. The van der Waals surface area contributed by atoms with Gasteiger partial charge >= 0.3 is 0 Å². The Morgan fingerprint density at radius 2 is 2.43 bits per heavy atom. The number of rotatable bonds is 7. The summed E-state index contributed by atoms with van der Waals surface area (Å²) in [6.45, 7) is 6.26. The zero-order valence-corrected chi connectivity index (χ0v) is 13.5. The molecule has 7 heteroatoms. The van der Waals surface area contributed by atoms with Crippen LogP contribution in [0.4, 0.5) is 0 Å². The van der Waals surface area contributed by atoms with Crippen molar-refractivity contribution in [3.63, 3.8) is 0 Å². The van der Waals surface area contributed by atoms with Crippen molar-refractivity contribution in [1.29, 1.82) is 0 Å². The maximum Gasteiger partial charge on any atom is 0.229 e. The summed E-state index contributed by atoms with van der Waals surface area (Å²) < 4.78 is 11.2. The number of hydrogen-bond acceptors (Lipinski definition) is 7. The van der Waals surface area contributed by atoms with E-state index in [-0.39, 0.29) is 11.7 Å². The molecular formula is C14H25N3O3S. The van der Waals surface area contributed by atoms with Crippen LogP contribution in [0.25, 0.3) is 0 Å². The van der Waals surface area contributed by atoms with Crippen LogP contribution in [-0.4, -0.2) is 59.4 Å². The van der Waals surface area contributed by atoms with Gasteiger partial charge in [0.1, 0.15) is 17.5 Å². The van der Waals surface area contributed by atoms with Crippen LogP contribution in [0.15, 0.2) is 17.3 Å². The monoisotopic (exact) mass is 315 g/mol. The molecule has 0 aliphatic carbocycles. The molecule has 0 aromatic heterocycles. The van der Waals surface area contributed by atoms with Gasteiger partial charge in [0.15, 0.2) is 0 Å². The molecule has 0 aromatic rings. The van der Waals surface area contributed by atoms with Crippen LogP contribution < -0.4 is 5.32 Å². The summed E-state index contributed by atoms with van der Waals surface area (Å²) in [5, 5.41) is 13.4. The largest absolute Gasteiger partial charge is 0.378 e. The van der Waals surface area contributed by atoms with Crippen LogP contribution in [0.1, 0.15) is 26.7 Å². The first-order valence-electron chi connectivity index (χ1n) is 7.54. The minimum absolute atomic E-state index is 0.0311. The first-order chi connectivity index (χ1) is 10.2. The third-order valence-electron chi connectivity index (χ3n) is 3.29. The van der Waals surface area contributed by atoms with Gasteiger partial charge in [-0.1, -0.05) is 13.3 Å². The standard InChI is InChI=1S/C14H25N3O3S/c1-3-5-7-15-11-6-8-17(14(18)16-11)12-10-21-13(20-12)9-19-4-2/h6,8,12-14,18H,3-5,7,9-10H2,1-2H3,(H,15,16)/t12-,13?,14?/m0/s1. The third kappa shape index (κ3) is 4.88. The minimum atomic E-state index is -0.893. The third-order valence-corrected chi connectivity index (χ3v) is 4.38. The lowest BCUT2D eigenvalue weighted by molar-refractivity contribution is -0.102. The van der Waals surface area contributed by atoms with Crippen molar-refractivity contribution in [2.45, 2.75) is 44.7 Å². The lowest BCUT2D eigenvalue weighted by Crippen LogP contribution is -2.43. The molecule has 3 atom stereocenters. The molecule has 0 radical (unpaired) electrons. The van der Waals surface area contributed by atoms with E-state index in [2.05, 4.69) is 17.2 Å². The quantitative estimate of drug-likeness (QED) is 0.691. The Morgan fingerprint density at radius 3 is 3.14 bits per heavy atom. The number of nitrogens with zero attached hydrogens (tertiary/aromatic N) is 2. The molecule has 2 heterocycles. The van der Waals surface area contributed by atoms with Gasteiger partial charge in [0.2, 0.25) is 6.35 Å². The molecule has 2 N–H and O–H groups in total. The van der Waals surface area contributed by atoms with E-state index >= 15 is 0 Å². The predicted molar refractivity (Wildman–Crippen MR) is 84.9 cm³/mol. The first-order valence-corrected chi connectivity index (χ1v) is 8.59. The van der Waals surface area contributed by atoms with Gasteiger partial charge in [0.25, 0.3) is 0 Å². The summed E-state index contributed by atoms with van der Waals surface area (Å²) in [6, 6.07) is 0. The molecule has 2 aliphatic rings. The molecule has 1 fully saturated rings.